The Kier molecular flexibility index (Phi) is 10.3. The van der Waals surface area contributed by atoms with E-state index < -0.39 is 0 Å². The molecule has 166 valence electrons. The number of carbonyl (C=O) groups excluding carboxylic acids is 3. The molecule has 3 N–H and O–H groups in total. The summed E-state index contributed by atoms with van der Waals surface area (Å²) in [5.41, 5.74) is 1.67. The quantitative estimate of drug-likeness (QED) is 0.438. The number of piperazine rings is 1. The maximum Gasteiger partial charge on any atom is 0.243 e. The minimum atomic E-state index is -0.257. The predicted octanol–water partition coefficient (Wildman–Crippen LogP) is 1.35. The third-order valence-electron chi connectivity index (χ3n) is 4.96. The average Bonchev–Trinajstić information content (AvgIpc) is 2.70. The number of nitrogens with zero attached hydrogens (tertiary/aromatic N) is 2. The molecule has 0 aliphatic carbocycles. The number of benzene rings is 1. The summed E-state index contributed by atoms with van der Waals surface area (Å²) in [6.07, 6.45) is 2.06. The first-order valence-electron chi connectivity index (χ1n) is 10.4. The van der Waals surface area contributed by atoms with Gasteiger partial charge in [0.25, 0.3) is 0 Å². The van der Waals surface area contributed by atoms with E-state index in [-0.39, 0.29) is 30.8 Å². The van der Waals surface area contributed by atoms with Crippen molar-refractivity contribution in [1.29, 1.82) is 0 Å². The molecule has 0 atom stereocenters. The smallest absolute Gasteiger partial charge is 0.243 e. The molecule has 0 aromatic heterocycles. The van der Waals surface area contributed by atoms with E-state index in [1.54, 1.807) is 0 Å². The van der Waals surface area contributed by atoms with Crippen molar-refractivity contribution in [3.05, 3.63) is 28.2 Å². The number of amides is 3. The number of carbonyl (C=O) groups is 3. The minimum absolute atomic E-state index is 0.0571. The fraction of sp³-hybridized carbons (Fsp3) is 0.571. The normalized spacial score (nSPS) is 14.9. The lowest BCUT2D eigenvalue weighted by Crippen LogP contribution is -2.51. The zero-order valence-corrected chi connectivity index (χ0v) is 19.4. The van der Waals surface area contributed by atoms with Gasteiger partial charge < -0.3 is 16.0 Å². The number of unbranched alkanes of at least 4 members (excludes halogenated alkanes) is 1. The topological polar surface area (TPSA) is 93.8 Å². The first-order chi connectivity index (χ1) is 14.4. The van der Waals surface area contributed by atoms with Gasteiger partial charge in [-0.05, 0) is 37.1 Å². The van der Waals surface area contributed by atoms with Gasteiger partial charge in [0.2, 0.25) is 17.7 Å². The van der Waals surface area contributed by atoms with E-state index in [1.807, 2.05) is 30.0 Å². The molecule has 0 unspecified atom stereocenters. The summed E-state index contributed by atoms with van der Waals surface area (Å²) in [7, 11) is 0. The second-order valence-corrected chi connectivity index (χ2v) is 8.46. The van der Waals surface area contributed by atoms with E-state index in [4.69, 9.17) is 0 Å². The van der Waals surface area contributed by atoms with Crippen molar-refractivity contribution in [1.82, 2.24) is 20.4 Å². The summed E-state index contributed by atoms with van der Waals surface area (Å²) < 4.78 is 0.948. The second kappa shape index (κ2) is 12.7. The average molecular weight is 482 g/mol. The van der Waals surface area contributed by atoms with Crippen LogP contribution in [-0.2, 0) is 14.4 Å². The van der Waals surface area contributed by atoms with Gasteiger partial charge in [0.1, 0.15) is 0 Å². The minimum Gasteiger partial charge on any atom is -0.355 e. The summed E-state index contributed by atoms with van der Waals surface area (Å²) in [5, 5.41) is 8.41. The Bertz CT molecular complexity index is 735. The van der Waals surface area contributed by atoms with Crippen molar-refractivity contribution in [3.63, 3.8) is 0 Å². The maximum atomic E-state index is 12.2. The molecule has 1 saturated heterocycles. The highest BCUT2D eigenvalue weighted by atomic mass is 79.9. The maximum absolute atomic E-state index is 12.2. The van der Waals surface area contributed by atoms with Crippen LogP contribution in [0, 0.1) is 6.92 Å². The van der Waals surface area contributed by atoms with Crippen LogP contribution in [0.1, 0.15) is 25.3 Å². The van der Waals surface area contributed by atoms with Gasteiger partial charge in [0.05, 0.1) is 19.6 Å². The van der Waals surface area contributed by atoms with Gasteiger partial charge in [-0.1, -0.05) is 29.3 Å². The van der Waals surface area contributed by atoms with Crippen molar-refractivity contribution in [3.8, 4) is 0 Å². The third-order valence-corrected chi connectivity index (χ3v) is 5.45. The van der Waals surface area contributed by atoms with Gasteiger partial charge >= 0.3 is 0 Å². The molecule has 30 heavy (non-hydrogen) atoms. The number of anilines is 1. The second-order valence-electron chi connectivity index (χ2n) is 7.54. The van der Waals surface area contributed by atoms with Gasteiger partial charge in [-0.15, -0.1) is 0 Å². The number of aryl methyl sites for hydroxylation is 1. The fourth-order valence-corrected chi connectivity index (χ4v) is 3.64. The zero-order chi connectivity index (χ0) is 21.9. The molecule has 1 heterocycles. The highest BCUT2D eigenvalue weighted by molar-refractivity contribution is 9.10. The molecular formula is C21H32BrN5O3. The van der Waals surface area contributed by atoms with Crippen molar-refractivity contribution in [2.45, 2.75) is 26.7 Å². The van der Waals surface area contributed by atoms with Gasteiger partial charge in [0.15, 0.2) is 0 Å². The summed E-state index contributed by atoms with van der Waals surface area (Å²) in [5.74, 6) is -0.377. The van der Waals surface area contributed by atoms with Gasteiger partial charge in [-0.25, -0.2) is 0 Å². The molecule has 0 radical (unpaired) electrons. The van der Waals surface area contributed by atoms with Crippen molar-refractivity contribution in [2.24, 2.45) is 0 Å². The molecular weight excluding hydrogens is 450 g/mol. The Morgan fingerprint density at radius 3 is 2.13 bits per heavy atom. The highest BCUT2D eigenvalue weighted by Gasteiger charge is 2.20. The lowest BCUT2D eigenvalue weighted by atomic mass is 10.2. The largest absolute Gasteiger partial charge is 0.355 e. The van der Waals surface area contributed by atoms with Gasteiger partial charge in [0, 0.05) is 42.9 Å². The molecule has 1 aliphatic heterocycles. The van der Waals surface area contributed by atoms with Crippen LogP contribution in [0.3, 0.4) is 0 Å². The molecule has 0 bridgehead atoms. The van der Waals surface area contributed by atoms with Gasteiger partial charge in [-0.3, -0.25) is 24.2 Å². The molecule has 1 aliphatic rings. The van der Waals surface area contributed by atoms with E-state index in [0.29, 0.717) is 6.54 Å². The third kappa shape index (κ3) is 8.81. The van der Waals surface area contributed by atoms with Crippen LogP contribution >= 0.6 is 15.9 Å². The van der Waals surface area contributed by atoms with Crippen LogP contribution in [0.2, 0.25) is 0 Å². The van der Waals surface area contributed by atoms with E-state index in [2.05, 4.69) is 43.7 Å². The van der Waals surface area contributed by atoms with Crippen LogP contribution in [0.5, 0.6) is 0 Å². The molecule has 1 aromatic carbocycles. The van der Waals surface area contributed by atoms with E-state index in [9.17, 15) is 14.4 Å². The zero-order valence-electron chi connectivity index (χ0n) is 17.8. The number of nitrogens with one attached hydrogen (secondary N) is 3. The first kappa shape index (κ1) is 24.3. The molecule has 8 nitrogen and oxygen atoms in total. The van der Waals surface area contributed by atoms with Crippen LogP contribution in [0.4, 0.5) is 5.69 Å². The molecule has 2 rings (SSSR count). The van der Waals surface area contributed by atoms with Crippen molar-refractivity contribution < 1.29 is 14.4 Å². The van der Waals surface area contributed by atoms with Gasteiger partial charge in [-0.2, -0.15) is 0 Å². The standard InChI is InChI=1S/C21H32BrN5O3/c1-3-4-7-23-20(29)14-26-8-10-27(11-9-26)15-21(30)24-13-19(28)25-18-6-5-17(22)12-16(18)2/h5-6,12H,3-4,7-11,13-15H2,1-2H3,(H,23,29)(H,24,30)(H,25,28). The van der Waals surface area contributed by atoms with Crippen LogP contribution in [0.25, 0.3) is 0 Å². The van der Waals surface area contributed by atoms with Crippen molar-refractivity contribution >= 4 is 39.3 Å². The van der Waals surface area contributed by atoms with Crippen LogP contribution in [0.15, 0.2) is 22.7 Å². The first-order valence-corrected chi connectivity index (χ1v) is 11.2. The molecule has 9 heteroatoms. The molecule has 0 saturated carbocycles. The summed E-state index contributed by atoms with van der Waals surface area (Å²) in [4.78, 5) is 40.3. The Hall–Kier alpha value is -1.97. The van der Waals surface area contributed by atoms with Crippen LogP contribution < -0.4 is 16.0 Å². The van der Waals surface area contributed by atoms with E-state index in [0.717, 1.165) is 61.3 Å². The lowest BCUT2D eigenvalue weighted by Gasteiger charge is -2.33. The fourth-order valence-electron chi connectivity index (χ4n) is 3.17. The Balaban J connectivity index is 1.62. The summed E-state index contributed by atoms with van der Waals surface area (Å²) >= 11 is 3.39. The SMILES string of the molecule is CCCCNC(=O)CN1CCN(CC(=O)NCC(=O)Nc2ccc(Br)cc2C)CC1. The Morgan fingerprint density at radius 1 is 0.967 bits per heavy atom. The van der Waals surface area contributed by atoms with E-state index in [1.165, 1.54) is 0 Å². The predicted molar refractivity (Wildman–Crippen MR) is 121 cm³/mol. The number of rotatable bonds is 10. The van der Waals surface area contributed by atoms with E-state index >= 15 is 0 Å². The molecule has 1 aromatic rings. The van der Waals surface area contributed by atoms with Crippen LogP contribution in [-0.4, -0.2) is 79.9 Å². The number of hydrogen-bond donors (Lipinski definition) is 3. The molecule has 0 spiro atoms. The number of halogens is 1. The summed E-state index contributed by atoms with van der Waals surface area (Å²) in [6, 6.07) is 5.60. The Morgan fingerprint density at radius 2 is 1.57 bits per heavy atom. The van der Waals surface area contributed by atoms with Crippen molar-refractivity contribution in [2.75, 3.05) is 57.7 Å². The molecule has 3 amide bonds. The molecule has 1 fully saturated rings. The monoisotopic (exact) mass is 481 g/mol. The highest BCUT2D eigenvalue weighted by Crippen LogP contribution is 2.19. The summed E-state index contributed by atoms with van der Waals surface area (Å²) in [6.45, 7) is 8.26. The lowest BCUT2D eigenvalue weighted by molar-refractivity contribution is -0.126. The number of hydrogen-bond acceptors (Lipinski definition) is 5. The Labute approximate surface area is 186 Å².